The third-order valence-electron chi connectivity index (χ3n) is 5.88. The molecule has 1 aromatic carbocycles. The number of hydrogen-bond donors (Lipinski definition) is 6. The Morgan fingerprint density at radius 1 is 1.18 bits per heavy atom. The first kappa shape index (κ1) is 26.9. The monoisotopic (exact) mass is 528 g/mol. The van der Waals surface area contributed by atoms with E-state index in [-0.39, 0.29) is 42.4 Å². The average molecular weight is 529 g/mol. The minimum Gasteiger partial charge on any atom is -0.483 e. The van der Waals surface area contributed by atoms with Crippen LogP contribution >= 0.6 is 0 Å². The summed E-state index contributed by atoms with van der Waals surface area (Å²) in [4.78, 5) is 25.6. The zero-order valence-corrected chi connectivity index (χ0v) is 20.3. The van der Waals surface area contributed by atoms with E-state index in [2.05, 4.69) is 30.4 Å². The molecule has 5 rings (SSSR count). The van der Waals surface area contributed by atoms with Gasteiger partial charge in [0.05, 0.1) is 19.0 Å². The molecule has 1 saturated heterocycles. The van der Waals surface area contributed by atoms with Crippen LogP contribution in [-0.4, -0.2) is 81.4 Å². The van der Waals surface area contributed by atoms with Gasteiger partial charge in [0.1, 0.15) is 17.7 Å². The summed E-state index contributed by atoms with van der Waals surface area (Å²) < 4.78 is 12.6. The van der Waals surface area contributed by atoms with Crippen LogP contribution in [0.5, 0.6) is 0 Å². The fourth-order valence-corrected chi connectivity index (χ4v) is 4.05. The van der Waals surface area contributed by atoms with Crippen molar-refractivity contribution in [2.45, 2.75) is 50.3 Å². The summed E-state index contributed by atoms with van der Waals surface area (Å²) in [5.74, 6) is 0.832. The largest absolute Gasteiger partial charge is 0.483 e. The van der Waals surface area contributed by atoms with Crippen molar-refractivity contribution in [3.05, 3.63) is 53.9 Å². The Hall–Kier alpha value is -4.18. The van der Waals surface area contributed by atoms with Gasteiger partial charge >= 0.3 is 0 Å². The van der Waals surface area contributed by atoms with Crippen molar-refractivity contribution < 1.29 is 34.5 Å². The summed E-state index contributed by atoms with van der Waals surface area (Å²) >= 11 is 0. The number of aromatic nitrogens is 6. The number of fused-ring (bicyclic) bond motifs is 1. The molecule has 1 aliphatic heterocycles. The van der Waals surface area contributed by atoms with Gasteiger partial charge in [-0.25, -0.2) is 4.98 Å². The standard InChI is InChI=1S/C22H26N8O5.CH2O2/c1-2-13-26-20(35-29-13)17-15(32)16(33)21(34-17)30-10-24-14-18(23)27-22(28-19(14)30)25-12(9-31)8-11-6-4-3-5-7-11;2-1-3/h3-7,10,12,15-17,21,31-33H,2,8-9H2,1H3,(H3,23,25,27,28);1H,(H,2,3)/t12-,15-,16+,17-,21+;/m0./s1. The molecule has 5 atom stereocenters. The lowest BCUT2D eigenvalue weighted by molar-refractivity contribution is -0.122. The molecule has 0 amide bonds. The smallest absolute Gasteiger partial charge is 0.290 e. The van der Waals surface area contributed by atoms with Crippen molar-refractivity contribution in [1.82, 2.24) is 29.7 Å². The SMILES string of the molecule is CCc1noc([C@H]2O[C@@H](n3cnc4c(N)nc(N[C@H](CO)Cc5ccccc5)nc43)[C@H](O)[C@@H]2O)n1.O=CO. The number of imidazole rings is 1. The Bertz CT molecular complexity index is 1350. The summed E-state index contributed by atoms with van der Waals surface area (Å²) in [5.41, 5.74) is 7.75. The molecule has 0 aliphatic carbocycles. The Kier molecular flexibility index (Phi) is 8.42. The lowest BCUT2D eigenvalue weighted by atomic mass is 10.1. The van der Waals surface area contributed by atoms with Crippen molar-refractivity contribution >= 4 is 29.4 Å². The van der Waals surface area contributed by atoms with E-state index in [0.717, 1.165) is 5.56 Å². The molecular weight excluding hydrogens is 500 g/mol. The molecule has 15 nitrogen and oxygen atoms in total. The number of aliphatic hydroxyl groups is 3. The molecule has 1 fully saturated rings. The van der Waals surface area contributed by atoms with Crippen LogP contribution in [0.3, 0.4) is 0 Å². The summed E-state index contributed by atoms with van der Waals surface area (Å²) in [7, 11) is 0. The number of anilines is 2. The Labute approximate surface area is 215 Å². The number of nitrogens with zero attached hydrogens (tertiary/aromatic N) is 6. The lowest BCUT2D eigenvalue weighted by Crippen LogP contribution is -2.29. The normalized spacial score (nSPS) is 21.6. The van der Waals surface area contributed by atoms with Crippen molar-refractivity contribution in [3.63, 3.8) is 0 Å². The van der Waals surface area contributed by atoms with Crippen LogP contribution in [0, 0.1) is 0 Å². The van der Waals surface area contributed by atoms with Gasteiger partial charge in [0.15, 0.2) is 29.6 Å². The van der Waals surface area contributed by atoms with Crippen molar-refractivity contribution in [3.8, 4) is 0 Å². The molecule has 0 radical (unpaired) electrons. The number of benzene rings is 1. The first-order chi connectivity index (χ1) is 18.4. The Balaban J connectivity index is 0.00000107. The second-order valence-electron chi connectivity index (χ2n) is 8.41. The minimum absolute atomic E-state index is 0.0727. The van der Waals surface area contributed by atoms with Crippen LogP contribution in [0.15, 0.2) is 41.2 Å². The summed E-state index contributed by atoms with van der Waals surface area (Å²) in [6, 6.07) is 9.34. The number of nitrogens with two attached hydrogens (primary N) is 1. The van der Waals surface area contributed by atoms with Crippen LogP contribution in [0.25, 0.3) is 11.2 Å². The number of rotatable bonds is 8. The van der Waals surface area contributed by atoms with Gasteiger partial charge in [-0.2, -0.15) is 15.0 Å². The number of carbonyl (C=O) groups is 1. The fraction of sp³-hybridized carbons (Fsp3) is 0.391. The van der Waals surface area contributed by atoms with E-state index in [1.54, 1.807) is 0 Å². The lowest BCUT2D eigenvalue weighted by Gasteiger charge is -2.18. The molecule has 7 N–H and O–H groups in total. The second-order valence-corrected chi connectivity index (χ2v) is 8.41. The zero-order valence-electron chi connectivity index (χ0n) is 20.3. The van der Waals surface area contributed by atoms with E-state index in [1.807, 2.05) is 37.3 Å². The van der Waals surface area contributed by atoms with Crippen LogP contribution in [-0.2, 0) is 22.4 Å². The van der Waals surface area contributed by atoms with Crippen molar-refractivity contribution in [2.24, 2.45) is 0 Å². The molecule has 0 unspecified atom stereocenters. The van der Waals surface area contributed by atoms with Crippen molar-refractivity contribution in [2.75, 3.05) is 17.7 Å². The maximum Gasteiger partial charge on any atom is 0.290 e. The highest BCUT2D eigenvalue weighted by atomic mass is 16.6. The molecule has 0 bridgehead atoms. The van der Waals surface area contributed by atoms with E-state index in [9.17, 15) is 15.3 Å². The van der Waals surface area contributed by atoms with Crippen LogP contribution in [0.1, 0.15) is 36.5 Å². The summed E-state index contributed by atoms with van der Waals surface area (Å²) in [6.45, 7) is 1.46. The van der Waals surface area contributed by atoms with E-state index in [4.69, 9.17) is 24.9 Å². The third-order valence-corrected chi connectivity index (χ3v) is 5.88. The number of nitrogens with one attached hydrogen (secondary N) is 1. The number of hydrogen-bond acceptors (Lipinski definition) is 13. The summed E-state index contributed by atoms with van der Waals surface area (Å²) in [5, 5.41) is 45.0. The zero-order chi connectivity index (χ0) is 27.2. The van der Waals surface area contributed by atoms with Crippen LogP contribution in [0.2, 0.25) is 0 Å². The first-order valence-electron chi connectivity index (χ1n) is 11.7. The topological polar surface area (TPSA) is 228 Å². The van der Waals surface area contributed by atoms with Gasteiger partial charge in [0.25, 0.3) is 12.4 Å². The average Bonchev–Trinajstić information content (AvgIpc) is 3.63. The quantitative estimate of drug-likeness (QED) is 0.166. The van der Waals surface area contributed by atoms with Gasteiger partial charge < -0.3 is 40.7 Å². The number of carboxylic acid groups (broad SMARTS) is 1. The maximum absolute atomic E-state index is 10.7. The molecule has 4 aromatic rings. The van der Waals surface area contributed by atoms with Crippen LogP contribution < -0.4 is 11.1 Å². The molecule has 1 aliphatic rings. The maximum atomic E-state index is 10.7. The predicted molar refractivity (Wildman–Crippen MR) is 132 cm³/mol. The van der Waals surface area contributed by atoms with Gasteiger partial charge in [-0.05, 0) is 12.0 Å². The molecule has 4 heterocycles. The van der Waals surface area contributed by atoms with Gasteiger partial charge in [0.2, 0.25) is 5.95 Å². The fourth-order valence-electron chi connectivity index (χ4n) is 4.05. The molecule has 3 aromatic heterocycles. The van der Waals surface area contributed by atoms with Gasteiger partial charge in [-0.15, -0.1) is 0 Å². The Morgan fingerprint density at radius 3 is 2.58 bits per heavy atom. The number of nitrogen functional groups attached to an aromatic ring is 1. The van der Waals surface area contributed by atoms with Crippen molar-refractivity contribution in [1.29, 1.82) is 0 Å². The van der Waals surface area contributed by atoms with E-state index in [0.29, 0.717) is 24.2 Å². The molecule has 38 heavy (non-hydrogen) atoms. The predicted octanol–water partition coefficient (Wildman–Crippen LogP) is 0.0621. The van der Waals surface area contributed by atoms with E-state index < -0.39 is 24.5 Å². The first-order valence-corrected chi connectivity index (χ1v) is 11.7. The van der Waals surface area contributed by atoms with Gasteiger partial charge in [-0.1, -0.05) is 42.4 Å². The molecule has 202 valence electrons. The number of aryl methyl sites for hydroxylation is 1. The highest BCUT2D eigenvalue weighted by Crippen LogP contribution is 2.39. The highest BCUT2D eigenvalue weighted by Gasteiger charge is 2.47. The molecule has 15 heteroatoms. The highest BCUT2D eigenvalue weighted by molar-refractivity contribution is 5.83. The third kappa shape index (κ3) is 5.55. The van der Waals surface area contributed by atoms with Gasteiger partial charge in [0, 0.05) is 6.42 Å². The molecular formula is C23H28N8O7. The number of aliphatic hydroxyl groups excluding tert-OH is 3. The van der Waals surface area contributed by atoms with E-state index >= 15 is 0 Å². The van der Waals surface area contributed by atoms with Crippen LogP contribution in [0.4, 0.5) is 11.8 Å². The molecule has 0 spiro atoms. The molecule has 0 saturated carbocycles. The summed E-state index contributed by atoms with van der Waals surface area (Å²) in [6.07, 6.45) is -2.22. The Morgan fingerprint density at radius 2 is 1.92 bits per heavy atom. The number of ether oxygens (including phenoxy) is 1. The minimum atomic E-state index is -1.33. The van der Waals surface area contributed by atoms with E-state index in [1.165, 1.54) is 10.9 Å². The second kappa shape index (κ2) is 11.9. The van der Waals surface area contributed by atoms with Gasteiger partial charge in [-0.3, -0.25) is 9.36 Å².